The number of rotatable bonds is 4. The molecule has 0 bridgehead atoms. The van der Waals surface area contributed by atoms with Gasteiger partial charge in [0.2, 0.25) is 5.88 Å². The molecule has 0 spiro atoms. The summed E-state index contributed by atoms with van der Waals surface area (Å²) in [5.74, 6) is 0.419. The number of hydrogen-bond donors (Lipinski definition) is 1. The van der Waals surface area contributed by atoms with E-state index >= 15 is 0 Å². The second-order valence-corrected chi connectivity index (χ2v) is 4.73. The molecular weight excluding hydrogens is 381 g/mol. The van der Waals surface area contributed by atoms with Gasteiger partial charge in [0.05, 0.1) is 5.56 Å². The highest BCUT2D eigenvalue weighted by atomic mass is 127. The van der Waals surface area contributed by atoms with Crippen LogP contribution in [0.1, 0.15) is 5.56 Å². The lowest BCUT2D eigenvalue weighted by Gasteiger charge is -2.01. The number of halogens is 1. The molecule has 0 radical (unpaired) electrons. The van der Waals surface area contributed by atoms with E-state index in [1.54, 1.807) is 6.07 Å². The fourth-order valence-corrected chi connectivity index (χ4v) is 1.94. The number of ether oxygens (including phenoxy) is 1. The Balaban J connectivity index is 1.90. The van der Waals surface area contributed by atoms with E-state index in [-0.39, 0.29) is 18.4 Å². The van der Waals surface area contributed by atoms with Crippen molar-refractivity contribution in [2.75, 3.05) is 0 Å². The van der Waals surface area contributed by atoms with Gasteiger partial charge in [-0.1, -0.05) is 5.16 Å². The Hall–Kier alpha value is -2.18. The monoisotopic (exact) mass is 391 g/mol. The second kappa shape index (κ2) is 5.07. The molecule has 0 aliphatic carbocycles. The van der Waals surface area contributed by atoms with Crippen LogP contribution in [0.3, 0.4) is 0 Å². The Bertz CT molecular complexity index is 835. The van der Waals surface area contributed by atoms with Gasteiger partial charge in [-0.05, 0) is 33.0 Å². The number of aromatic nitrogens is 7. The van der Waals surface area contributed by atoms with Gasteiger partial charge in [-0.2, -0.15) is 4.68 Å². The Labute approximate surface area is 126 Å². The van der Waals surface area contributed by atoms with Crippen molar-refractivity contribution in [3.05, 3.63) is 32.0 Å². The molecule has 3 aromatic rings. The van der Waals surface area contributed by atoms with Crippen molar-refractivity contribution in [3.63, 3.8) is 0 Å². The molecule has 104 valence electrons. The number of hydrogen-bond acceptors (Lipinski definition) is 7. The summed E-state index contributed by atoms with van der Waals surface area (Å²) in [6.45, 7) is 0.0666. The number of nitrogens with zero attached hydrogens (tertiary/aromatic N) is 6. The van der Waals surface area contributed by atoms with Crippen LogP contribution in [0.15, 0.2) is 21.6 Å². The Kier molecular flexibility index (Phi) is 2.95. The minimum Gasteiger partial charge on any atom is -0.471 e. The van der Waals surface area contributed by atoms with Crippen molar-refractivity contribution in [3.8, 4) is 11.8 Å². The Morgan fingerprint density at radius 1 is 1.60 bits per heavy atom. The minimum atomic E-state index is -0.459. The lowest BCUT2D eigenvalue weighted by molar-refractivity contribution is 0.290. The first-order chi connectivity index (χ1) is 10.1. The zero-order valence-electron chi connectivity index (χ0n) is 11.1. The van der Waals surface area contributed by atoms with Crippen LogP contribution in [0.25, 0.3) is 5.88 Å². The molecule has 0 unspecified atom stereocenters. The van der Waals surface area contributed by atoms with Gasteiger partial charge in [0.15, 0.2) is 5.11 Å². The van der Waals surface area contributed by atoms with Crippen LogP contribution in [0, 0.1) is 3.70 Å². The molecule has 11 heteroatoms. The number of H-pyrrole nitrogens is 1. The largest absolute Gasteiger partial charge is 0.471 e. The fourth-order valence-electron chi connectivity index (χ4n) is 1.45. The van der Waals surface area contributed by atoms with E-state index in [1.807, 2.05) is 22.6 Å². The third-order valence-corrected chi connectivity index (χ3v) is 3.29. The van der Waals surface area contributed by atoms with Crippen LogP contribution in [0.2, 0.25) is 1.41 Å². The molecule has 0 fully saturated rings. The first-order valence-electron chi connectivity index (χ1n) is 5.82. The van der Waals surface area contributed by atoms with Gasteiger partial charge in [-0.25, -0.2) is 4.79 Å². The summed E-state index contributed by atoms with van der Waals surface area (Å²) in [5, 5.41) is 15.7. The third kappa shape index (κ3) is 2.19. The summed E-state index contributed by atoms with van der Waals surface area (Å²) in [6, 6.07) is 1.54. The number of aryl methyl sites for hydroxylation is 1. The van der Waals surface area contributed by atoms with E-state index in [0.717, 1.165) is 14.5 Å². The van der Waals surface area contributed by atoms with Crippen molar-refractivity contribution in [1.29, 1.82) is 0 Å². The topological polar surface area (TPSA) is 117 Å². The van der Waals surface area contributed by atoms with Crippen LogP contribution >= 0.6 is 22.6 Å². The predicted molar refractivity (Wildman–Crippen MR) is 72.3 cm³/mol. The fraction of sp³-hybridized carbons (Fsp3) is 0.222. The first-order valence-corrected chi connectivity index (χ1v) is 6.45. The molecular formula is C9H8IN7O3. The summed E-state index contributed by atoms with van der Waals surface area (Å²) >= 11 is 1.96. The molecule has 0 saturated carbocycles. The van der Waals surface area contributed by atoms with E-state index in [1.165, 1.54) is 13.2 Å². The van der Waals surface area contributed by atoms with Crippen molar-refractivity contribution in [2.24, 2.45) is 7.05 Å². The van der Waals surface area contributed by atoms with Gasteiger partial charge >= 0.3 is 5.69 Å². The highest BCUT2D eigenvalue weighted by molar-refractivity contribution is 14.1. The molecule has 0 atom stereocenters. The first kappa shape index (κ1) is 11.6. The molecule has 0 amide bonds. The Morgan fingerprint density at radius 3 is 3.10 bits per heavy atom. The zero-order valence-corrected chi connectivity index (χ0v) is 12.3. The SMILES string of the molecule is [3H]n1ccc(OCc2c(I)noc2-n2nnn(C)c2=O)n1. The van der Waals surface area contributed by atoms with Crippen LogP contribution < -0.4 is 10.4 Å². The van der Waals surface area contributed by atoms with Crippen molar-refractivity contribution < 1.29 is 10.7 Å². The average molecular weight is 391 g/mol. The molecule has 10 nitrogen and oxygen atoms in total. The zero-order chi connectivity index (χ0) is 15.0. The average Bonchev–Trinajstić information content (AvgIpc) is 3.11. The van der Waals surface area contributed by atoms with E-state index in [0.29, 0.717) is 9.26 Å². The van der Waals surface area contributed by atoms with Crippen LogP contribution in [-0.2, 0) is 13.7 Å². The Morgan fingerprint density at radius 2 is 2.45 bits per heavy atom. The van der Waals surface area contributed by atoms with Crippen molar-refractivity contribution >= 4 is 22.6 Å². The maximum absolute atomic E-state index is 11.8. The summed E-state index contributed by atoms with van der Waals surface area (Å²) in [5.41, 5.74) is 0.0805. The van der Waals surface area contributed by atoms with Gasteiger partial charge in [-0.3, -0.25) is 5.09 Å². The molecule has 0 aliphatic heterocycles. The normalized spacial score (nSPS) is 11.6. The second-order valence-electron chi connectivity index (χ2n) is 3.71. The smallest absolute Gasteiger partial charge is 0.370 e. The van der Waals surface area contributed by atoms with E-state index in [9.17, 15) is 4.79 Å². The number of aromatic amines is 1. The van der Waals surface area contributed by atoms with Gasteiger partial charge in [0, 0.05) is 19.3 Å². The lowest BCUT2D eigenvalue weighted by Crippen LogP contribution is -2.22. The molecule has 0 aliphatic rings. The summed E-state index contributed by atoms with van der Waals surface area (Å²) < 4.78 is 20.4. The molecule has 0 saturated heterocycles. The van der Waals surface area contributed by atoms with Gasteiger partial charge in [0.1, 0.15) is 6.61 Å². The maximum atomic E-state index is 11.8. The maximum Gasteiger partial charge on any atom is 0.370 e. The summed E-state index contributed by atoms with van der Waals surface area (Å²) in [7, 11) is 1.48. The molecule has 1 N–H and O–H groups in total. The number of nitrogens with one attached hydrogen (secondary N) is 1. The predicted octanol–water partition coefficient (Wildman–Crippen LogP) is -0.139. The molecule has 0 aromatic carbocycles. The van der Waals surface area contributed by atoms with E-state index in [4.69, 9.17) is 10.7 Å². The quantitative estimate of drug-likeness (QED) is 0.616. The van der Waals surface area contributed by atoms with Crippen molar-refractivity contribution in [1.82, 2.24) is 35.1 Å². The van der Waals surface area contributed by atoms with E-state index in [2.05, 4.69) is 20.7 Å². The highest BCUT2D eigenvalue weighted by Crippen LogP contribution is 2.20. The van der Waals surface area contributed by atoms with Crippen molar-refractivity contribution in [2.45, 2.75) is 6.61 Å². The molecule has 3 aromatic heterocycles. The number of tetrazole rings is 1. The van der Waals surface area contributed by atoms with Gasteiger partial charge in [0.25, 0.3) is 5.88 Å². The summed E-state index contributed by atoms with van der Waals surface area (Å²) in [6.07, 6.45) is 1.43. The molecule has 20 heavy (non-hydrogen) atoms. The molecule has 3 rings (SSSR count). The summed E-state index contributed by atoms with van der Waals surface area (Å²) in [4.78, 5) is 11.8. The highest BCUT2D eigenvalue weighted by Gasteiger charge is 2.20. The third-order valence-electron chi connectivity index (χ3n) is 2.44. The van der Waals surface area contributed by atoms with Crippen LogP contribution in [0.5, 0.6) is 5.88 Å². The minimum absolute atomic E-state index is 0.0666. The molecule has 3 heterocycles. The standard InChI is InChI=1S/C9H8IN7O3/c1-16-9(18)17(15-14-16)8-5(7(10)13-20-8)4-19-6-2-3-11-12-6/h2-3H,4H2,1H3,(H,11,12)/i/hT. The van der Waals surface area contributed by atoms with Gasteiger partial charge < -0.3 is 9.26 Å². The van der Waals surface area contributed by atoms with Crippen LogP contribution in [-0.4, -0.2) is 35.1 Å². The van der Waals surface area contributed by atoms with Gasteiger partial charge in [-0.15, -0.1) is 9.78 Å². The van der Waals surface area contributed by atoms with E-state index < -0.39 is 5.69 Å². The lowest BCUT2D eigenvalue weighted by atomic mass is 10.3. The van der Waals surface area contributed by atoms with Crippen LogP contribution in [0.4, 0.5) is 0 Å².